The number of hydrogen-bond donors (Lipinski definition) is 1. The number of amides is 1. The van der Waals surface area contributed by atoms with E-state index in [9.17, 15) is 10.1 Å². The zero-order valence-electron chi connectivity index (χ0n) is 15.0. The molecule has 1 radical (unpaired) electrons. The van der Waals surface area contributed by atoms with Gasteiger partial charge in [0.2, 0.25) is 0 Å². The van der Waals surface area contributed by atoms with Gasteiger partial charge in [-0.2, -0.15) is 5.26 Å². The normalized spacial score (nSPS) is 10.8. The summed E-state index contributed by atoms with van der Waals surface area (Å²) in [7, 11) is 0. The van der Waals surface area contributed by atoms with Crippen LogP contribution < -0.4 is 5.32 Å². The highest BCUT2D eigenvalue weighted by molar-refractivity contribution is 5.88. The molecule has 1 heterocycles. The average Bonchev–Trinajstić information content (AvgIpc) is 2.74. The van der Waals surface area contributed by atoms with Crippen LogP contribution in [0.3, 0.4) is 0 Å². The lowest BCUT2D eigenvalue weighted by Gasteiger charge is -2.07. The predicted molar refractivity (Wildman–Crippen MR) is 106 cm³/mol. The van der Waals surface area contributed by atoms with Crippen molar-refractivity contribution in [2.24, 2.45) is 0 Å². The number of benzene rings is 2. The molecule has 0 bridgehead atoms. The number of aromatic nitrogens is 2. The molecule has 6 nitrogen and oxygen atoms in total. The summed E-state index contributed by atoms with van der Waals surface area (Å²) in [5, 5.41) is 12.0. The topological polar surface area (TPSA) is 87.9 Å². The van der Waals surface area contributed by atoms with Gasteiger partial charge in [0.25, 0.3) is 0 Å². The Morgan fingerprint density at radius 1 is 1.25 bits per heavy atom. The number of nitrogens with one attached hydrogen (secondary N) is 1. The summed E-state index contributed by atoms with van der Waals surface area (Å²) in [6.07, 6.45) is 6.45. The van der Waals surface area contributed by atoms with E-state index in [2.05, 4.69) is 27.4 Å². The zero-order valence-corrected chi connectivity index (χ0v) is 15.0. The lowest BCUT2D eigenvalue weighted by molar-refractivity contribution is 0.163. The summed E-state index contributed by atoms with van der Waals surface area (Å²) in [6, 6.07) is 19.8. The van der Waals surface area contributed by atoms with Crippen LogP contribution in [0, 0.1) is 17.4 Å². The number of ether oxygens (including phenoxy) is 1. The first-order valence-corrected chi connectivity index (χ1v) is 8.62. The smallest absolute Gasteiger partial charge is 0.411 e. The molecule has 0 saturated heterocycles. The Bertz CT molecular complexity index is 996. The van der Waals surface area contributed by atoms with E-state index in [4.69, 9.17) is 4.74 Å². The van der Waals surface area contributed by atoms with Crippen LogP contribution in [-0.2, 0) is 11.2 Å². The predicted octanol–water partition coefficient (Wildman–Crippen LogP) is 4.13. The van der Waals surface area contributed by atoms with Gasteiger partial charge < -0.3 is 4.74 Å². The highest BCUT2D eigenvalue weighted by Gasteiger charge is 2.05. The van der Waals surface area contributed by atoms with Crippen molar-refractivity contribution in [3.63, 3.8) is 0 Å². The summed E-state index contributed by atoms with van der Waals surface area (Å²) in [4.78, 5) is 19.9. The van der Waals surface area contributed by atoms with Crippen LogP contribution in [0.2, 0.25) is 0 Å². The molecule has 0 aliphatic carbocycles. The van der Waals surface area contributed by atoms with Gasteiger partial charge in [0.1, 0.15) is 6.07 Å². The van der Waals surface area contributed by atoms with Crippen LogP contribution in [0.4, 0.5) is 10.5 Å². The highest BCUT2D eigenvalue weighted by Crippen LogP contribution is 2.16. The zero-order chi connectivity index (χ0) is 19.6. The van der Waals surface area contributed by atoms with E-state index in [0.717, 1.165) is 11.1 Å². The molecule has 0 aliphatic heterocycles. The molecule has 0 spiro atoms. The molecule has 1 N–H and O–H groups in total. The molecule has 6 heteroatoms. The summed E-state index contributed by atoms with van der Waals surface area (Å²) < 4.78 is 5.21. The number of nitriles is 1. The van der Waals surface area contributed by atoms with Gasteiger partial charge in [-0.3, -0.25) is 15.3 Å². The second-order valence-corrected chi connectivity index (χ2v) is 5.79. The molecular weight excluding hydrogens is 352 g/mol. The molecule has 3 rings (SSSR count). The van der Waals surface area contributed by atoms with Crippen LogP contribution in [0.15, 0.2) is 67.1 Å². The number of hydrogen-bond acceptors (Lipinski definition) is 5. The van der Waals surface area contributed by atoms with Crippen molar-refractivity contribution in [3.05, 3.63) is 90.0 Å². The summed E-state index contributed by atoms with van der Waals surface area (Å²) in [5.74, 6) is 0. The van der Waals surface area contributed by atoms with Gasteiger partial charge in [-0.1, -0.05) is 42.5 Å². The van der Waals surface area contributed by atoms with E-state index < -0.39 is 6.09 Å². The molecule has 137 valence electrons. The van der Waals surface area contributed by atoms with E-state index in [1.54, 1.807) is 36.8 Å². The third-order valence-electron chi connectivity index (χ3n) is 3.79. The molecule has 0 atom stereocenters. The van der Waals surface area contributed by atoms with E-state index >= 15 is 0 Å². The van der Waals surface area contributed by atoms with Gasteiger partial charge in [-0.15, -0.1) is 0 Å². The number of allylic oxidation sites excluding steroid dienone is 1. The van der Waals surface area contributed by atoms with E-state index in [0.29, 0.717) is 23.4 Å². The van der Waals surface area contributed by atoms with E-state index in [1.807, 2.05) is 36.4 Å². The Balaban J connectivity index is 1.58. The molecular formula is C22H17N4O2. The van der Waals surface area contributed by atoms with Crippen molar-refractivity contribution >= 4 is 23.4 Å². The molecule has 0 saturated carbocycles. The van der Waals surface area contributed by atoms with Crippen LogP contribution >= 0.6 is 0 Å². The maximum absolute atomic E-state index is 11.8. The lowest BCUT2D eigenvalue weighted by atomic mass is 10.1. The summed E-state index contributed by atoms with van der Waals surface area (Å²) >= 11 is 0. The minimum atomic E-state index is -0.520. The Morgan fingerprint density at radius 3 is 2.93 bits per heavy atom. The molecule has 0 unspecified atom stereocenters. The van der Waals surface area contributed by atoms with Gasteiger partial charge in [0, 0.05) is 24.9 Å². The van der Waals surface area contributed by atoms with Crippen molar-refractivity contribution in [1.82, 2.24) is 9.97 Å². The van der Waals surface area contributed by atoms with Crippen molar-refractivity contribution in [2.75, 3.05) is 11.9 Å². The maximum Gasteiger partial charge on any atom is 0.411 e. The molecule has 0 fully saturated rings. The summed E-state index contributed by atoms with van der Waals surface area (Å²) in [5.41, 5.74) is 3.37. The Hall–Kier alpha value is -3.98. The Kier molecular flexibility index (Phi) is 6.48. The van der Waals surface area contributed by atoms with Crippen LogP contribution in [-0.4, -0.2) is 22.7 Å². The molecule has 1 aromatic heterocycles. The standard InChI is InChI=1S/C22H17N4O2/c23-15-19(21-16-24-10-11-25-21)14-18-6-4-5-17(13-18)9-12-28-22(27)26-20-7-2-1-3-8-20/h1-7,10-11,13-14,16H,9,12H2,(H,26,27). The second kappa shape index (κ2) is 9.64. The first-order chi connectivity index (χ1) is 13.7. The maximum atomic E-state index is 11.8. The Labute approximate surface area is 163 Å². The third-order valence-corrected chi connectivity index (χ3v) is 3.79. The van der Waals surface area contributed by atoms with Gasteiger partial charge in [0.15, 0.2) is 0 Å². The SMILES string of the molecule is N#CC(=Cc1cccc(CCOC(=O)Nc2[c]cccc2)c1)c1cnccn1. The van der Waals surface area contributed by atoms with Crippen molar-refractivity contribution in [3.8, 4) is 6.07 Å². The number of anilines is 1. The molecule has 0 aliphatic rings. The molecule has 3 aromatic rings. The van der Waals surface area contributed by atoms with E-state index in [1.165, 1.54) is 0 Å². The first kappa shape index (κ1) is 18.8. The quantitative estimate of drug-likeness (QED) is 0.660. The lowest BCUT2D eigenvalue weighted by Crippen LogP contribution is -2.15. The molecule has 1 amide bonds. The van der Waals surface area contributed by atoms with Gasteiger partial charge >= 0.3 is 6.09 Å². The Morgan fingerprint density at radius 2 is 2.18 bits per heavy atom. The first-order valence-electron chi connectivity index (χ1n) is 8.62. The van der Waals surface area contributed by atoms with E-state index in [-0.39, 0.29) is 6.61 Å². The monoisotopic (exact) mass is 369 g/mol. The minimum absolute atomic E-state index is 0.237. The van der Waals surface area contributed by atoms with Crippen LogP contribution in [0.25, 0.3) is 11.6 Å². The van der Waals surface area contributed by atoms with Gasteiger partial charge in [0.05, 0.1) is 29.8 Å². The molecule has 2 aromatic carbocycles. The van der Waals surface area contributed by atoms with Crippen molar-refractivity contribution in [2.45, 2.75) is 6.42 Å². The molecule has 28 heavy (non-hydrogen) atoms. The largest absolute Gasteiger partial charge is 0.449 e. The number of carbonyl (C=O) groups is 1. The van der Waals surface area contributed by atoms with Crippen LogP contribution in [0.5, 0.6) is 0 Å². The fourth-order valence-corrected chi connectivity index (χ4v) is 2.49. The third kappa shape index (κ3) is 5.51. The van der Waals surface area contributed by atoms with Crippen molar-refractivity contribution < 1.29 is 9.53 Å². The number of carbonyl (C=O) groups excluding carboxylic acids is 1. The fourth-order valence-electron chi connectivity index (χ4n) is 2.49. The number of para-hydroxylation sites is 1. The van der Waals surface area contributed by atoms with Gasteiger partial charge in [-0.05, 0) is 23.3 Å². The van der Waals surface area contributed by atoms with Crippen molar-refractivity contribution in [1.29, 1.82) is 5.26 Å². The fraction of sp³-hybridized carbons (Fsp3) is 0.0909. The second-order valence-electron chi connectivity index (χ2n) is 5.79. The highest BCUT2D eigenvalue weighted by atomic mass is 16.5. The minimum Gasteiger partial charge on any atom is -0.449 e. The summed E-state index contributed by atoms with van der Waals surface area (Å²) in [6.45, 7) is 0.237. The average molecular weight is 369 g/mol. The number of rotatable bonds is 6. The van der Waals surface area contributed by atoms with Crippen LogP contribution in [0.1, 0.15) is 16.8 Å². The number of nitrogens with zero attached hydrogens (tertiary/aromatic N) is 3. The van der Waals surface area contributed by atoms with Gasteiger partial charge in [-0.25, -0.2) is 4.79 Å².